The predicted octanol–water partition coefficient (Wildman–Crippen LogP) is 5.24. The average Bonchev–Trinajstić information content (AvgIpc) is 2.92. The van der Waals surface area contributed by atoms with E-state index in [-0.39, 0.29) is 11.9 Å². The number of urea groups is 1. The number of amides is 2. The van der Waals surface area contributed by atoms with Crippen LogP contribution in [-0.4, -0.2) is 78.0 Å². The summed E-state index contributed by atoms with van der Waals surface area (Å²) in [5.74, 6) is 0.589. The highest BCUT2D eigenvalue weighted by Gasteiger charge is 2.21. The van der Waals surface area contributed by atoms with Crippen molar-refractivity contribution in [3.05, 3.63) is 83.0 Å². The standard InChI is InChI=1S/C27H32ClN5O2S/c1-36-26-29-24(28)20-25(30-26)31-27(34)33(15-14-32-16-18-35-19-17-32)13-12-23(21-8-4-2-5-9-21)22-10-6-3-7-11-22/h2-11,20,23H,12-19H2,1H3,(H,29,30,31,34). The van der Waals surface area contributed by atoms with Gasteiger partial charge >= 0.3 is 6.03 Å². The molecule has 0 bridgehead atoms. The lowest BCUT2D eigenvalue weighted by Crippen LogP contribution is -2.44. The van der Waals surface area contributed by atoms with Gasteiger partial charge in [-0.3, -0.25) is 10.2 Å². The van der Waals surface area contributed by atoms with Crippen LogP contribution in [0.25, 0.3) is 0 Å². The SMILES string of the molecule is CSc1nc(Cl)cc(NC(=O)N(CCC(c2ccccc2)c2ccccc2)CCN2CCOCC2)n1. The summed E-state index contributed by atoms with van der Waals surface area (Å²) >= 11 is 7.53. The molecule has 1 N–H and O–H groups in total. The molecule has 2 amide bonds. The molecule has 1 aliphatic rings. The van der Waals surface area contributed by atoms with Gasteiger partial charge < -0.3 is 9.64 Å². The Balaban J connectivity index is 1.50. The zero-order valence-corrected chi connectivity index (χ0v) is 22.0. The lowest BCUT2D eigenvalue weighted by molar-refractivity contribution is 0.0351. The van der Waals surface area contributed by atoms with Crippen molar-refractivity contribution in [2.45, 2.75) is 17.5 Å². The Morgan fingerprint density at radius 1 is 1.06 bits per heavy atom. The largest absolute Gasteiger partial charge is 0.379 e. The second-order valence-corrected chi connectivity index (χ2v) is 9.76. The molecule has 7 nitrogen and oxygen atoms in total. The van der Waals surface area contributed by atoms with Crippen molar-refractivity contribution in [3.8, 4) is 0 Å². The third-order valence-electron chi connectivity index (χ3n) is 6.26. The normalized spacial score (nSPS) is 14.1. The van der Waals surface area contributed by atoms with Crippen LogP contribution in [0.3, 0.4) is 0 Å². The summed E-state index contributed by atoms with van der Waals surface area (Å²) in [6.07, 6.45) is 2.67. The van der Waals surface area contributed by atoms with E-state index in [2.05, 4.69) is 68.7 Å². The van der Waals surface area contributed by atoms with Gasteiger partial charge in [0.2, 0.25) is 0 Å². The molecule has 1 saturated heterocycles. The minimum Gasteiger partial charge on any atom is -0.379 e. The molecule has 2 heterocycles. The molecule has 1 aromatic heterocycles. The number of thioether (sulfide) groups is 1. The summed E-state index contributed by atoms with van der Waals surface area (Å²) in [7, 11) is 0. The van der Waals surface area contributed by atoms with E-state index in [1.807, 2.05) is 23.3 Å². The van der Waals surface area contributed by atoms with Gasteiger partial charge in [-0.2, -0.15) is 0 Å². The Morgan fingerprint density at radius 2 is 1.69 bits per heavy atom. The van der Waals surface area contributed by atoms with Crippen LogP contribution < -0.4 is 5.32 Å². The summed E-state index contributed by atoms with van der Waals surface area (Å²) < 4.78 is 5.48. The summed E-state index contributed by atoms with van der Waals surface area (Å²) in [5, 5.41) is 3.77. The number of benzene rings is 2. The van der Waals surface area contributed by atoms with Crippen molar-refractivity contribution in [1.29, 1.82) is 0 Å². The molecular formula is C27H32ClN5O2S. The number of rotatable bonds is 10. The zero-order valence-electron chi connectivity index (χ0n) is 20.5. The summed E-state index contributed by atoms with van der Waals surface area (Å²) in [6, 6.07) is 22.3. The molecule has 2 aromatic carbocycles. The highest BCUT2D eigenvalue weighted by Crippen LogP contribution is 2.28. The second kappa shape index (κ2) is 13.6. The summed E-state index contributed by atoms with van der Waals surface area (Å²) in [5.41, 5.74) is 2.48. The van der Waals surface area contributed by atoms with E-state index in [0.29, 0.717) is 29.2 Å². The Hall–Kier alpha value is -2.65. The van der Waals surface area contributed by atoms with E-state index in [1.54, 1.807) is 6.07 Å². The second-order valence-electron chi connectivity index (χ2n) is 8.60. The molecule has 0 aliphatic carbocycles. The highest BCUT2D eigenvalue weighted by molar-refractivity contribution is 7.98. The number of hydrogen-bond donors (Lipinski definition) is 1. The lowest BCUT2D eigenvalue weighted by Gasteiger charge is -2.31. The maximum atomic E-state index is 13.4. The van der Waals surface area contributed by atoms with Crippen molar-refractivity contribution < 1.29 is 9.53 Å². The van der Waals surface area contributed by atoms with Crippen molar-refractivity contribution in [3.63, 3.8) is 0 Å². The number of aromatic nitrogens is 2. The van der Waals surface area contributed by atoms with Crippen LogP contribution >= 0.6 is 23.4 Å². The van der Waals surface area contributed by atoms with E-state index in [4.69, 9.17) is 16.3 Å². The van der Waals surface area contributed by atoms with E-state index in [0.717, 1.165) is 39.3 Å². The molecule has 0 saturated carbocycles. The molecule has 1 aliphatic heterocycles. The maximum Gasteiger partial charge on any atom is 0.323 e. The van der Waals surface area contributed by atoms with Crippen LogP contribution in [0.4, 0.5) is 10.6 Å². The fourth-order valence-electron chi connectivity index (χ4n) is 4.32. The highest BCUT2D eigenvalue weighted by atomic mass is 35.5. The van der Waals surface area contributed by atoms with Gasteiger partial charge in [0.1, 0.15) is 11.0 Å². The van der Waals surface area contributed by atoms with Crippen LogP contribution in [0, 0.1) is 0 Å². The quantitative estimate of drug-likeness (QED) is 0.222. The average molecular weight is 526 g/mol. The number of hydrogen-bond acceptors (Lipinski definition) is 6. The molecule has 0 radical (unpaired) electrons. The predicted molar refractivity (Wildman–Crippen MR) is 146 cm³/mol. The molecule has 190 valence electrons. The van der Waals surface area contributed by atoms with Crippen molar-refractivity contribution in [2.75, 3.05) is 57.5 Å². The van der Waals surface area contributed by atoms with Crippen molar-refractivity contribution >= 4 is 35.2 Å². The van der Waals surface area contributed by atoms with Crippen LogP contribution in [0.15, 0.2) is 71.9 Å². The molecule has 1 fully saturated rings. The van der Waals surface area contributed by atoms with Gasteiger partial charge in [-0.05, 0) is 23.8 Å². The number of morpholine rings is 1. The Kier molecular flexibility index (Phi) is 9.98. The number of halogens is 1. The molecule has 0 spiro atoms. The third kappa shape index (κ3) is 7.67. The first-order chi connectivity index (χ1) is 17.6. The molecule has 0 unspecified atom stereocenters. The van der Waals surface area contributed by atoms with Crippen LogP contribution in [-0.2, 0) is 4.74 Å². The van der Waals surface area contributed by atoms with E-state index in [9.17, 15) is 4.79 Å². The molecule has 9 heteroatoms. The lowest BCUT2D eigenvalue weighted by atomic mass is 9.88. The molecular weight excluding hydrogens is 494 g/mol. The first kappa shape index (κ1) is 26.4. The van der Waals surface area contributed by atoms with Crippen molar-refractivity contribution in [1.82, 2.24) is 19.8 Å². The molecule has 3 aromatic rings. The molecule has 4 rings (SSSR count). The fraction of sp³-hybridized carbons (Fsp3) is 0.370. The number of anilines is 1. The van der Waals surface area contributed by atoms with Gasteiger partial charge in [0.25, 0.3) is 0 Å². The number of ether oxygens (including phenoxy) is 1. The maximum absolute atomic E-state index is 13.4. The monoisotopic (exact) mass is 525 g/mol. The van der Waals surface area contributed by atoms with E-state index < -0.39 is 0 Å². The fourth-order valence-corrected chi connectivity index (χ4v) is 4.94. The molecule has 36 heavy (non-hydrogen) atoms. The summed E-state index contributed by atoms with van der Waals surface area (Å²) in [4.78, 5) is 26.2. The number of nitrogens with zero attached hydrogens (tertiary/aromatic N) is 4. The van der Waals surface area contributed by atoms with E-state index in [1.165, 1.54) is 22.9 Å². The first-order valence-corrected chi connectivity index (χ1v) is 13.8. The van der Waals surface area contributed by atoms with Gasteiger partial charge in [-0.15, -0.1) is 0 Å². The van der Waals surface area contributed by atoms with Gasteiger partial charge in [0.05, 0.1) is 13.2 Å². The van der Waals surface area contributed by atoms with Crippen LogP contribution in [0.5, 0.6) is 0 Å². The number of nitrogens with one attached hydrogen (secondary N) is 1. The summed E-state index contributed by atoms with van der Waals surface area (Å²) in [6.45, 7) is 5.21. The smallest absolute Gasteiger partial charge is 0.323 e. The zero-order chi connectivity index (χ0) is 25.2. The van der Waals surface area contributed by atoms with Crippen LogP contribution in [0.1, 0.15) is 23.5 Å². The Morgan fingerprint density at radius 3 is 2.31 bits per heavy atom. The first-order valence-electron chi connectivity index (χ1n) is 12.2. The van der Waals surface area contributed by atoms with Crippen molar-refractivity contribution in [2.24, 2.45) is 0 Å². The van der Waals surface area contributed by atoms with Gasteiger partial charge in [-0.1, -0.05) is 84.0 Å². The van der Waals surface area contributed by atoms with Gasteiger partial charge in [0, 0.05) is 44.7 Å². The number of carbonyl (C=O) groups is 1. The molecule has 0 atom stereocenters. The van der Waals surface area contributed by atoms with Crippen LogP contribution in [0.2, 0.25) is 5.15 Å². The third-order valence-corrected chi connectivity index (χ3v) is 7.00. The van der Waals surface area contributed by atoms with Gasteiger partial charge in [0.15, 0.2) is 5.16 Å². The Bertz CT molecular complexity index is 1060. The van der Waals surface area contributed by atoms with E-state index >= 15 is 0 Å². The topological polar surface area (TPSA) is 70.6 Å². The minimum absolute atomic E-state index is 0.183. The number of carbonyl (C=O) groups excluding carboxylic acids is 1. The Labute approximate surface area is 222 Å². The van der Waals surface area contributed by atoms with Gasteiger partial charge in [-0.25, -0.2) is 14.8 Å². The minimum atomic E-state index is -0.190.